The number of aliphatic hydroxyl groups excluding tert-OH is 1. The zero-order chi connectivity index (χ0) is 23.1. The topological polar surface area (TPSA) is 90.7 Å². The number of rotatable bonds is 4. The fraction of sp³-hybridized carbons (Fsp3) is 0.625. The third-order valence-corrected chi connectivity index (χ3v) is 7.57. The molecule has 2 saturated heterocycles. The van der Waals surface area contributed by atoms with Crippen molar-refractivity contribution in [3.63, 3.8) is 0 Å². The van der Waals surface area contributed by atoms with Crippen molar-refractivity contribution in [3.8, 4) is 0 Å². The van der Waals surface area contributed by atoms with Gasteiger partial charge in [0, 0.05) is 44.4 Å². The van der Waals surface area contributed by atoms with Gasteiger partial charge in [0.15, 0.2) is 5.82 Å². The second-order valence-electron chi connectivity index (χ2n) is 9.82. The Labute approximate surface area is 192 Å². The molecule has 3 heterocycles. The molecule has 2 atom stereocenters. The van der Waals surface area contributed by atoms with Gasteiger partial charge in [-0.1, -0.05) is 19.3 Å². The Morgan fingerprint density at radius 1 is 1.15 bits per heavy atom. The van der Waals surface area contributed by atoms with Crippen molar-refractivity contribution < 1.29 is 19.1 Å². The summed E-state index contributed by atoms with van der Waals surface area (Å²) in [5, 5.41) is 18.2. The number of likely N-dealkylation sites (tertiary alicyclic amines) is 1. The molecule has 3 amide bonds. The van der Waals surface area contributed by atoms with Crippen LogP contribution in [0.1, 0.15) is 56.4 Å². The number of nitrogens with one attached hydrogen (secondary N) is 1. The normalized spacial score (nSPS) is 25.6. The summed E-state index contributed by atoms with van der Waals surface area (Å²) in [6, 6.07) is 2.63. The Morgan fingerprint density at radius 3 is 2.67 bits per heavy atom. The van der Waals surface area contributed by atoms with Gasteiger partial charge in [-0.3, -0.25) is 19.7 Å². The van der Waals surface area contributed by atoms with Crippen LogP contribution in [0, 0.1) is 11.7 Å². The van der Waals surface area contributed by atoms with Crippen LogP contribution in [0.4, 0.5) is 15.0 Å². The molecule has 3 fully saturated rings. The van der Waals surface area contributed by atoms with E-state index in [9.17, 15) is 14.7 Å². The first-order valence-electron chi connectivity index (χ1n) is 12.1. The molecule has 1 aromatic heterocycles. The number of carbonyl (C=O) groups excluding carboxylic acids is 2. The largest absolute Gasteiger partial charge is 0.391 e. The second-order valence-corrected chi connectivity index (χ2v) is 9.82. The van der Waals surface area contributed by atoms with Crippen LogP contribution in [-0.4, -0.2) is 64.0 Å². The van der Waals surface area contributed by atoms with E-state index in [0.29, 0.717) is 41.2 Å². The van der Waals surface area contributed by atoms with Gasteiger partial charge >= 0.3 is 6.03 Å². The first kappa shape index (κ1) is 22.3. The van der Waals surface area contributed by atoms with Crippen molar-refractivity contribution in [3.05, 3.63) is 23.5 Å². The first-order valence-corrected chi connectivity index (χ1v) is 12.1. The van der Waals surface area contributed by atoms with Crippen LogP contribution in [0.15, 0.2) is 12.1 Å². The fourth-order valence-electron chi connectivity index (χ4n) is 5.78. The third kappa shape index (κ3) is 4.36. The zero-order valence-corrected chi connectivity index (χ0v) is 19.1. The summed E-state index contributed by atoms with van der Waals surface area (Å²) in [6.45, 7) is 2.65. The highest BCUT2D eigenvalue weighted by molar-refractivity contribution is 6.08. The van der Waals surface area contributed by atoms with Crippen LogP contribution in [0.5, 0.6) is 0 Å². The van der Waals surface area contributed by atoms with Gasteiger partial charge in [0.25, 0.3) is 0 Å². The van der Waals surface area contributed by atoms with Gasteiger partial charge in [-0.05, 0) is 49.4 Å². The number of aromatic nitrogens is 2. The fourth-order valence-corrected chi connectivity index (χ4v) is 5.78. The van der Waals surface area contributed by atoms with E-state index in [-0.39, 0.29) is 24.8 Å². The number of nitrogens with zero attached hydrogens (tertiary/aromatic N) is 4. The molecule has 1 saturated carbocycles. The smallest absolute Gasteiger partial charge is 0.329 e. The molecular weight excluding hydrogens is 425 g/mol. The van der Waals surface area contributed by atoms with E-state index >= 15 is 4.39 Å². The number of aliphatic hydroxyl groups is 1. The number of fused-ring (bicyclic) bond motifs is 1. The summed E-state index contributed by atoms with van der Waals surface area (Å²) >= 11 is 0. The number of imide groups is 1. The Kier molecular flexibility index (Phi) is 6.09. The predicted molar refractivity (Wildman–Crippen MR) is 123 cm³/mol. The van der Waals surface area contributed by atoms with Crippen LogP contribution in [0.2, 0.25) is 0 Å². The van der Waals surface area contributed by atoms with E-state index in [2.05, 4.69) is 15.3 Å². The third-order valence-electron chi connectivity index (χ3n) is 7.57. The highest BCUT2D eigenvalue weighted by Gasteiger charge is 2.33. The number of piperidine rings is 1. The molecular formula is C24H32FN5O3. The monoisotopic (exact) mass is 457 g/mol. The van der Waals surface area contributed by atoms with E-state index < -0.39 is 18.0 Å². The molecule has 8 nitrogen and oxygen atoms in total. The molecule has 0 spiro atoms. The van der Waals surface area contributed by atoms with Gasteiger partial charge in [-0.15, -0.1) is 0 Å². The van der Waals surface area contributed by atoms with Crippen molar-refractivity contribution in [1.82, 2.24) is 20.0 Å². The number of urea groups is 1. The minimum absolute atomic E-state index is 0.177. The van der Waals surface area contributed by atoms with Gasteiger partial charge in [-0.2, -0.15) is 5.10 Å². The maximum Gasteiger partial charge on any atom is 0.329 e. The Bertz CT molecular complexity index is 1060. The van der Waals surface area contributed by atoms with Crippen molar-refractivity contribution in [2.24, 2.45) is 13.0 Å². The average Bonchev–Trinajstić information content (AvgIpc) is 3.09. The highest BCUT2D eigenvalue weighted by Crippen LogP contribution is 2.36. The molecule has 33 heavy (non-hydrogen) atoms. The molecule has 2 N–H and O–H groups in total. The summed E-state index contributed by atoms with van der Waals surface area (Å²) in [4.78, 5) is 27.5. The number of carbonyl (C=O) groups is 2. The maximum atomic E-state index is 15.3. The van der Waals surface area contributed by atoms with Crippen LogP contribution in [0.3, 0.4) is 0 Å². The summed E-state index contributed by atoms with van der Waals surface area (Å²) in [5.74, 6) is 0.0617. The molecule has 1 aromatic carbocycles. The molecule has 0 radical (unpaired) electrons. The molecule has 2 aromatic rings. The van der Waals surface area contributed by atoms with Gasteiger partial charge in [0.2, 0.25) is 5.91 Å². The van der Waals surface area contributed by atoms with E-state index in [0.717, 1.165) is 13.1 Å². The number of hydrogen-bond donors (Lipinski definition) is 2. The molecule has 1 aliphatic carbocycles. The van der Waals surface area contributed by atoms with E-state index in [1.807, 2.05) is 0 Å². The number of halogens is 1. The lowest BCUT2D eigenvalue weighted by Crippen LogP contribution is -2.49. The lowest BCUT2D eigenvalue weighted by molar-refractivity contribution is -0.120. The molecule has 9 heteroatoms. The van der Waals surface area contributed by atoms with Crippen LogP contribution in [0.25, 0.3) is 10.9 Å². The molecule has 2 unspecified atom stereocenters. The lowest BCUT2D eigenvalue weighted by Gasteiger charge is -2.38. The minimum atomic E-state index is -0.624. The van der Waals surface area contributed by atoms with Crippen molar-refractivity contribution in [1.29, 1.82) is 0 Å². The second kappa shape index (κ2) is 9.02. The minimum Gasteiger partial charge on any atom is -0.391 e. The van der Waals surface area contributed by atoms with Crippen molar-refractivity contribution in [2.75, 3.05) is 31.1 Å². The number of benzene rings is 1. The average molecular weight is 458 g/mol. The number of aryl methyl sites for hydroxylation is 1. The van der Waals surface area contributed by atoms with Crippen LogP contribution in [-0.2, 0) is 11.8 Å². The number of amides is 3. The SMILES string of the molecule is Cn1nc(N2CCC(=O)NC2=O)c2cc(F)c(C3CCN(CC4CCCCC4)CC3O)cc21. The lowest BCUT2D eigenvalue weighted by atomic mass is 9.84. The quantitative estimate of drug-likeness (QED) is 0.737. The first-order chi connectivity index (χ1) is 15.9. The number of β-amino-alcohol motifs (C(OH)–C–C–N with tert-alkyl or cyclic N) is 1. The van der Waals surface area contributed by atoms with Crippen molar-refractivity contribution in [2.45, 2.75) is 57.0 Å². The summed E-state index contributed by atoms with van der Waals surface area (Å²) in [7, 11) is 1.75. The Hall–Kier alpha value is -2.52. The van der Waals surface area contributed by atoms with Gasteiger partial charge in [-0.25, -0.2) is 9.18 Å². The summed E-state index contributed by atoms with van der Waals surface area (Å²) < 4.78 is 17.0. The standard InChI is InChI=1S/C24H32FN5O3/c1-28-20-12-17(16-7-9-29(14-21(16)31)13-15-5-3-2-4-6-15)19(25)11-18(20)23(27-28)30-10-8-22(32)26-24(30)33/h11-12,15-16,21,31H,2-10,13-14H2,1H3,(H,26,32,33). The number of anilines is 1. The van der Waals surface area contributed by atoms with E-state index in [1.165, 1.54) is 43.1 Å². The zero-order valence-electron chi connectivity index (χ0n) is 19.1. The van der Waals surface area contributed by atoms with Gasteiger partial charge in [0.05, 0.1) is 11.6 Å². The summed E-state index contributed by atoms with van der Waals surface area (Å²) in [6.07, 6.45) is 6.74. The molecule has 178 valence electrons. The van der Waals surface area contributed by atoms with Crippen molar-refractivity contribution >= 4 is 28.7 Å². The van der Waals surface area contributed by atoms with Gasteiger partial charge < -0.3 is 10.0 Å². The molecule has 5 rings (SSSR count). The molecule has 2 aliphatic heterocycles. The maximum absolute atomic E-state index is 15.3. The molecule has 0 bridgehead atoms. The van der Waals surface area contributed by atoms with E-state index in [1.54, 1.807) is 17.8 Å². The van der Waals surface area contributed by atoms with E-state index in [4.69, 9.17) is 0 Å². The van der Waals surface area contributed by atoms with Crippen LogP contribution < -0.4 is 10.2 Å². The highest BCUT2D eigenvalue weighted by atomic mass is 19.1. The van der Waals surface area contributed by atoms with Gasteiger partial charge in [0.1, 0.15) is 5.82 Å². The number of hydrogen-bond acceptors (Lipinski definition) is 5. The molecule has 3 aliphatic rings. The summed E-state index contributed by atoms with van der Waals surface area (Å²) in [5.41, 5.74) is 1.20. The Morgan fingerprint density at radius 2 is 1.94 bits per heavy atom. The Balaban J connectivity index is 1.36. The predicted octanol–water partition coefficient (Wildman–Crippen LogP) is 2.89. The van der Waals surface area contributed by atoms with Crippen LogP contribution >= 0.6 is 0 Å².